The Morgan fingerprint density at radius 2 is 1.80 bits per heavy atom. The van der Waals surface area contributed by atoms with E-state index in [1.54, 1.807) is 24.3 Å². The molecule has 1 rings (SSSR count). The quantitative estimate of drug-likeness (QED) is 0.858. The molecule has 0 amide bonds. The van der Waals surface area contributed by atoms with Gasteiger partial charge in [0.25, 0.3) is 0 Å². The lowest BCUT2D eigenvalue weighted by Crippen LogP contribution is -2.11. The largest absolute Gasteiger partial charge is 0.384 e. The normalized spacial score (nSPS) is 10.5. The summed E-state index contributed by atoms with van der Waals surface area (Å²) in [6.07, 6.45) is 0. The van der Waals surface area contributed by atoms with E-state index in [2.05, 4.69) is 5.32 Å². The third-order valence-corrected chi connectivity index (χ3v) is 2.46. The fourth-order valence-corrected chi connectivity index (χ4v) is 1.36. The Balaban J connectivity index is 0.00000196. The van der Waals surface area contributed by atoms with Gasteiger partial charge >= 0.3 is 10.2 Å². The number of halogens is 3. The highest BCUT2D eigenvalue weighted by Crippen LogP contribution is 2.12. The van der Waals surface area contributed by atoms with E-state index in [9.17, 15) is 12.3 Å². The number of hydrogen-bond donors (Lipinski definition) is 1. The summed E-state index contributed by atoms with van der Waals surface area (Å²) in [5.74, 6) is -0.532. The molecule has 15 heavy (non-hydrogen) atoms. The third-order valence-electron chi connectivity index (χ3n) is 1.52. The summed E-state index contributed by atoms with van der Waals surface area (Å²) < 4.78 is 32.4. The van der Waals surface area contributed by atoms with Gasteiger partial charge in [-0.05, 0) is 24.3 Å². The van der Waals surface area contributed by atoms with Crippen LogP contribution in [0.3, 0.4) is 0 Å². The van der Waals surface area contributed by atoms with Gasteiger partial charge in [0.1, 0.15) is 0 Å². The minimum Gasteiger partial charge on any atom is -0.384 e. The minimum atomic E-state index is -4.39. The zero-order valence-electron chi connectivity index (χ0n) is 7.61. The molecule has 0 unspecified atom stereocenters. The van der Waals surface area contributed by atoms with Crippen LogP contribution in [0.25, 0.3) is 0 Å². The molecule has 7 heteroatoms. The Bertz CT molecular complexity index is 394. The molecular weight excluding hydrogens is 264 g/mol. The highest BCUT2D eigenvalue weighted by molar-refractivity contribution is 7.86. The molecule has 0 bridgehead atoms. The van der Waals surface area contributed by atoms with Crippen molar-refractivity contribution in [2.24, 2.45) is 0 Å². The van der Waals surface area contributed by atoms with Crippen LogP contribution in [0.1, 0.15) is 0 Å². The standard InChI is InChI=1S/C8H9ClFNO2S.ClH/c9-7-1-3-8(4-2-7)11-5-6-14(10,12)13;/h1-4,11H,5-6H2;1H. The summed E-state index contributed by atoms with van der Waals surface area (Å²) in [4.78, 5) is 0. The van der Waals surface area contributed by atoms with Gasteiger partial charge < -0.3 is 5.32 Å². The van der Waals surface area contributed by atoms with Gasteiger partial charge in [-0.3, -0.25) is 0 Å². The van der Waals surface area contributed by atoms with Gasteiger partial charge in [-0.25, -0.2) is 0 Å². The van der Waals surface area contributed by atoms with Crippen molar-refractivity contribution in [2.75, 3.05) is 17.6 Å². The fraction of sp³-hybridized carbons (Fsp3) is 0.250. The lowest BCUT2D eigenvalue weighted by atomic mass is 10.3. The molecule has 1 aromatic carbocycles. The number of benzene rings is 1. The SMILES string of the molecule is Cl.O=S(=O)(F)CCNc1ccc(Cl)cc1. The van der Waals surface area contributed by atoms with Crippen molar-refractivity contribution in [2.45, 2.75) is 0 Å². The number of hydrogen-bond acceptors (Lipinski definition) is 3. The maximum Gasteiger partial charge on any atom is 0.304 e. The van der Waals surface area contributed by atoms with E-state index in [0.29, 0.717) is 10.7 Å². The van der Waals surface area contributed by atoms with E-state index >= 15 is 0 Å². The van der Waals surface area contributed by atoms with Gasteiger partial charge in [-0.2, -0.15) is 8.42 Å². The topological polar surface area (TPSA) is 46.2 Å². The second-order valence-corrected chi connectivity index (χ2v) is 4.60. The first-order chi connectivity index (χ1) is 6.47. The van der Waals surface area contributed by atoms with Gasteiger partial charge in [0, 0.05) is 17.3 Å². The molecule has 0 fully saturated rings. The van der Waals surface area contributed by atoms with Gasteiger partial charge in [0.15, 0.2) is 0 Å². The number of nitrogens with one attached hydrogen (secondary N) is 1. The molecule has 0 heterocycles. The molecule has 1 aromatic rings. The first-order valence-corrected chi connectivity index (χ1v) is 5.82. The van der Waals surface area contributed by atoms with Crippen LogP contribution >= 0.6 is 24.0 Å². The van der Waals surface area contributed by atoms with Gasteiger partial charge in [-0.15, -0.1) is 16.3 Å². The van der Waals surface area contributed by atoms with E-state index in [0.717, 1.165) is 0 Å². The van der Waals surface area contributed by atoms with E-state index in [1.165, 1.54) is 0 Å². The molecule has 0 saturated carbocycles. The van der Waals surface area contributed by atoms with Crippen LogP contribution in [0.5, 0.6) is 0 Å². The van der Waals surface area contributed by atoms with Crippen molar-refractivity contribution in [1.82, 2.24) is 0 Å². The molecule has 1 N–H and O–H groups in total. The monoisotopic (exact) mass is 273 g/mol. The average Bonchev–Trinajstić information content (AvgIpc) is 2.06. The maximum absolute atomic E-state index is 12.1. The van der Waals surface area contributed by atoms with Crippen molar-refractivity contribution in [3.63, 3.8) is 0 Å². The summed E-state index contributed by atoms with van der Waals surface area (Å²) in [6.45, 7) is 0.0421. The summed E-state index contributed by atoms with van der Waals surface area (Å²) in [5.41, 5.74) is 0.707. The zero-order valence-corrected chi connectivity index (χ0v) is 10.0. The summed E-state index contributed by atoms with van der Waals surface area (Å²) in [7, 11) is -4.39. The molecule has 0 radical (unpaired) electrons. The Kier molecular flexibility index (Phi) is 5.93. The second-order valence-electron chi connectivity index (χ2n) is 2.68. The molecule has 0 atom stereocenters. The smallest absolute Gasteiger partial charge is 0.304 e. The van der Waals surface area contributed by atoms with E-state index in [-0.39, 0.29) is 19.0 Å². The average molecular weight is 274 g/mol. The zero-order chi connectivity index (χ0) is 10.6. The van der Waals surface area contributed by atoms with Crippen molar-refractivity contribution < 1.29 is 12.3 Å². The highest BCUT2D eigenvalue weighted by Gasteiger charge is 2.05. The van der Waals surface area contributed by atoms with Gasteiger partial charge in [0.05, 0.1) is 5.75 Å². The van der Waals surface area contributed by atoms with Crippen LogP contribution in [-0.2, 0) is 10.2 Å². The van der Waals surface area contributed by atoms with Crippen molar-refractivity contribution in [1.29, 1.82) is 0 Å². The molecule has 0 aliphatic rings. The number of rotatable bonds is 4. The molecule has 0 aromatic heterocycles. The van der Waals surface area contributed by atoms with Crippen LogP contribution in [-0.4, -0.2) is 20.7 Å². The molecule has 0 aliphatic heterocycles. The van der Waals surface area contributed by atoms with Crippen molar-refractivity contribution >= 4 is 39.9 Å². The molecular formula is C8H10Cl2FNO2S. The molecule has 0 spiro atoms. The van der Waals surface area contributed by atoms with Crippen molar-refractivity contribution in [3.8, 4) is 0 Å². The second kappa shape index (κ2) is 6.15. The Morgan fingerprint density at radius 1 is 1.27 bits per heavy atom. The van der Waals surface area contributed by atoms with Crippen LogP contribution in [0.2, 0.25) is 5.02 Å². The van der Waals surface area contributed by atoms with E-state index in [4.69, 9.17) is 11.6 Å². The lowest BCUT2D eigenvalue weighted by Gasteiger charge is -2.03. The Hall–Kier alpha value is -0.520. The fourth-order valence-electron chi connectivity index (χ4n) is 0.885. The first-order valence-electron chi connectivity index (χ1n) is 3.89. The summed E-state index contributed by atoms with van der Waals surface area (Å²) in [6, 6.07) is 6.70. The molecule has 0 aliphatic carbocycles. The molecule has 3 nitrogen and oxygen atoms in total. The van der Waals surface area contributed by atoms with Gasteiger partial charge in [-0.1, -0.05) is 11.6 Å². The Morgan fingerprint density at radius 3 is 2.27 bits per heavy atom. The minimum absolute atomic E-state index is 0. The highest BCUT2D eigenvalue weighted by atomic mass is 35.5. The lowest BCUT2D eigenvalue weighted by molar-refractivity contribution is 0.552. The Labute approximate surface area is 99.3 Å². The van der Waals surface area contributed by atoms with Crippen LogP contribution < -0.4 is 5.32 Å². The van der Waals surface area contributed by atoms with Gasteiger partial charge in [0.2, 0.25) is 0 Å². The van der Waals surface area contributed by atoms with Crippen LogP contribution in [0, 0.1) is 0 Å². The molecule has 0 saturated heterocycles. The summed E-state index contributed by atoms with van der Waals surface area (Å²) in [5, 5.41) is 3.34. The van der Waals surface area contributed by atoms with Crippen LogP contribution in [0.15, 0.2) is 24.3 Å². The number of anilines is 1. The van der Waals surface area contributed by atoms with E-state index in [1.807, 2.05) is 0 Å². The summed E-state index contributed by atoms with van der Waals surface area (Å²) >= 11 is 5.63. The van der Waals surface area contributed by atoms with Crippen LogP contribution in [0.4, 0.5) is 9.57 Å². The first kappa shape index (κ1) is 14.5. The third kappa shape index (κ3) is 6.54. The van der Waals surface area contributed by atoms with Crippen molar-refractivity contribution in [3.05, 3.63) is 29.3 Å². The predicted molar refractivity (Wildman–Crippen MR) is 62.1 cm³/mol. The predicted octanol–water partition coefficient (Wildman–Crippen LogP) is 2.47. The molecule has 86 valence electrons. The van der Waals surface area contributed by atoms with E-state index < -0.39 is 16.0 Å². The maximum atomic E-state index is 12.1.